The summed E-state index contributed by atoms with van der Waals surface area (Å²) < 4.78 is 26.1. The van der Waals surface area contributed by atoms with Crippen LogP contribution in [0.4, 0.5) is 0 Å². The molecule has 0 saturated carbocycles. The Kier molecular flexibility index (Phi) is 4.55. The van der Waals surface area contributed by atoms with Crippen molar-refractivity contribution in [2.24, 2.45) is 5.92 Å². The van der Waals surface area contributed by atoms with Gasteiger partial charge in [-0.3, -0.25) is 0 Å². The largest absolute Gasteiger partial charge is 0.316 e. The molecule has 90 valence electrons. The molecule has 0 aromatic carbocycles. The fraction of sp³-hybridized carbons (Fsp3) is 1.00. The first-order valence-electron chi connectivity index (χ1n) is 5.65. The van der Waals surface area contributed by atoms with E-state index in [2.05, 4.69) is 10.0 Å². The van der Waals surface area contributed by atoms with Crippen LogP contribution in [-0.4, -0.2) is 32.8 Å². The number of rotatable bonds is 4. The standard InChI is InChI=1S/C10H22N2O2S/c1-8(2)15(13,14)12-9(3)10-5-4-6-11-7-10/h8-12H,4-7H2,1-3H3. The van der Waals surface area contributed by atoms with Crippen molar-refractivity contribution in [3.05, 3.63) is 0 Å². The van der Waals surface area contributed by atoms with Crippen LogP contribution in [0.2, 0.25) is 0 Å². The van der Waals surface area contributed by atoms with E-state index < -0.39 is 10.0 Å². The predicted octanol–water partition coefficient (Wildman–Crippen LogP) is 0.702. The lowest BCUT2D eigenvalue weighted by Gasteiger charge is -2.29. The lowest BCUT2D eigenvalue weighted by atomic mass is 9.94. The summed E-state index contributed by atoms with van der Waals surface area (Å²) in [6, 6.07) is 0.0326. The summed E-state index contributed by atoms with van der Waals surface area (Å²) in [5, 5.41) is 2.95. The molecule has 2 unspecified atom stereocenters. The Labute approximate surface area is 92.9 Å². The molecule has 0 aromatic heterocycles. The highest BCUT2D eigenvalue weighted by Gasteiger charge is 2.25. The lowest BCUT2D eigenvalue weighted by molar-refractivity contribution is 0.320. The summed E-state index contributed by atoms with van der Waals surface area (Å²) in [5.41, 5.74) is 0. The highest BCUT2D eigenvalue weighted by Crippen LogP contribution is 2.15. The molecule has 0 bridgehead atoms. The zero-order valence-corrected chi connectivity index (χ0v) is 10.6. The molecule has 2 N–H and O–H groups in total. The van der Waals surface area contributed by atoms with Gasteiger partial charge in [0.15, 0.2) is 0 Å². The Hall–Kier alpha value is -0.130. The molecule has 5 heteroatoms. The maximum Gasteiger partial charge on any atom is 0.214 e. The highest BCUT2D eigenvalue weighted by molar-refractivity contribution is 7.90. The van der Waals surface area contributed by atoms with Gasteiger partial charge in [0.2, 0.25) is 10.0 Å². The Morgan fingerprint density at radius 1 is 1.33 bits per heavy atom. The van der Waals surface area contributed by atoms with E-state index in [0.29, 0.717) is 5.92 Å². The third-order valence-corrected chi connectivity index (χ3v) is 4.95. The van der Waals surface area contributed by atoms with Crippen LogP contribution < -0.4 is 10.0 Å². The second kappa shape index (κ2) is 5.27. The minimum absolute atomic E-state index is 0.0326. The van der Waals surface area contributed by atoms with E-state index in [9.17, 15) is 8.42 Å². The first-order chi connectivity index (χ1) is 6.93. The maximum absolute atomic E-state index is 11.7. The molecule has 1 aliphatic rings. The molecule has 1 aliphatic heterocycles. The number of hydrogen-bond acceptors (Lipinski definition) is 3. The molecule has 0 radical (unpaired) electrons. The van der Waals surface area contributed by atoms with Crippen molar-refractivity contribution in [1.29, 1.82) is 0 Å². The third kappa shape index (κ3) is 3.74. The molecule has 0 amide bonds. The van der Waals surface area contributed by atoms with E-state index in [0.717, 1.165) is 25.9 Å². The molecular weight excluding hydrogens is 212 g/mol. The van der Waals surface area contributed by atoms with Crippen LogP contribution >= 0.6 is 0 Å². The van der Waals surface area contributed by atoms with Gasteiger partial charge >= 0.3 is 0 Å². The predicted molar refractivity (Wildman–Crippen MR) is 62.2 cm³/mol. The minimum atomic E-state index is -3.12. The van der Waals surface area contributed by atoms with Gasteiger partial charge in [0.05, 0.1) is 5.25 Å². The van der Waals surface area contributed by atoms with E-state index >= 15 is 0 Å². The first-order valence-corrected chi connectivity index (χ1v) is 7.20. The van der Waals surface area contributed by atoms with E-state index in [1.807, 2.05) is 6.92 Å². The Morgan fingerprint density at radius 2 is 2.00 bits per heavy atom. The second-order valence-corrected chi connectivity index (χ2v) is 6.88. The zero-order valence-electron chi connectivity index (χ0n) is 9.79. The monoisotopic (exact) mass is 234 g/mol. The molecule has 0 aliphatic carbocycles. The van der Waals surface area contributed by atoms with Crippen LogP contribution in [0, 0.1) is 5.92 Å². The van der Waals surface area contributed by atoms with E-state index in [1.54, 1.807) is 13.8 Å². The fourth-order valence-corrected chi connectivity index (χ4v) is 2.78. The van der Waals surface area contributed by atoms with Gasteiger partial charge in [-0.15, -0.1) is 0 Å². The summed E-state index contributed by atoms with van der Waals surface area (Å²) >= 11 is 0. The topological polar surface area (TPSA) is 58.2 Å². The smallest absolute Gasteiger partial charge is 0.214 e. The van der Waals surface area contributed by atoms with Gasteiger partial charge in [-0.2, -0.15) is 0 Å². The molecule has 2 atom stereocenters. The lowest BCUT2D eigenvalue weighted by Crippen LogP contribution is -2.46. The van der Waals surface area contributed by atoms with E-state index in [-0.39, 0.29) is 11.3 Å². The van der Waals surface area contributed by atoms with Gasteiger partial charge < -0.3 is 5.32 Å². The van der Waals surface area contributed by atoms with Gasteiger partial charge in [0.25, 0.3) is 0 Å². The van der Waals surface area contributed by atoms with Gasteiger partial charge in [-0.05, 0) is 52.6 Å². The Morgan fingerprint density at radius 3 is 2.47 bits per heavy atom. The number of hydrogen-bond donors (Lipinski definition) is 2. The molecular formula is C10H22N2O2S. The quantitative estimate of drug-likeness (QED) is 0.753. The summed E-state index contributed by atoms with van der Waals surface area (Å²) in [7, 11) is -3.12. The van der Waals surface area contributed by atoms with Crippen LogP contribution in [0.25, 0.3) is 0 Å². The first kappa shape index (κ1) is 12.9. The van der Waals surface area contributed by atoms with Gasteiger partial charge in [-0.1, -0.05) is 0 Å². The molecule has 1 fully saturated rings. The van der Waals surface area contributed by atoms with Gasteiger partial charge in [-0.25, -0.2) is 13.1 Å². The number of piperidine rings is 1. The van der Waals surface area contributed by atoms with E-state index in [4.69, 9.17) is 0 Å². The fourth-order valence-electron chi connectivity index (χ4n) is 1.80. The van der Waals surface area contributed by atoms with Crippen molar-refractivity contribution in [3.8, 4) is 0 Å². The van der Waals surface area contributed by atoms with Crippen molar-refractivity contribution in [2.75, 3.05) is 13.1 Å². The van der Waals surface area contributed by atoms with Crippen molar-refractivity contribution >= 4 is 10.0 Å². The summed E-state index contributed by atoms with van der Waals surface area (Å²) in [6.45, 7) is 7.34. The average molecular weight is 234 g/mol. The number of sulfonamides is 1. The summed E-state index contributed by atoms with van der Waals surface area (Å²) in [4.78, 5) is 0. The zero-order chi connectivity index (χ0) is 11.5. The summed E-state index contributed by atoms with van der Waals surface area (Å²) in [6.07, 6.45) is 2.24. The molecule has 15 heavy (non-hydrogen) atoms. The molecule has 4 nitrogen and oxygen atoms in total. The second-order valence-electron chi connectivity index (χ2n) is 4.61. The van der Waals surface area contributed by atoms with Crippen molar-refractivity contribution in [3.63, 3.8) is 0 Å². The SMILES string of the molecule is CC(NS(=O)(=O)C(C)C)C1CCCNC1. The number of nitrogens with one attached hydrogen (secondary N) is 2. The molecule has 0 spiro atoms. The minimum Gasteiger partial charge on any atom is -0.316 e. The Balaban J connectivity index is 2.50. The Bertz CT molecular complexity index is 282. The molecule has 0 aromatic rings. The average Bonchev–Trinajstić information content (AvgIpc) is 2.18. The third-order valence-electron chi connectivity index (χ3n) is 3.01. The molecule has 1 saturated heterocycles. The molecule has 1 rings (SSSR count). The summed E-state index contributed by atoms with van der Waals surface area (Å²) in [5.74, 6) is 0.423. The van der Waals surface area contributed by atoms with Crippen LogP contribution in [0.5, 0.6) is 0 Å². The van der Waals surface area contributed by atoms with Crippen molar-refractivity contribution in [1.82, 2.24) is 10.0 Å². The van der Waals surface area contributed by atoms with Crippen molar-refractivity contribution in [2.45, 2.75) is 44.9 Å². The van der Waals surface area contributed by atoms with Crippen molar-refractivity contribution < 1.29 is 8.42 Å². The van der Waals surface area contributed by atoms with E-state index in [1.165, 1.54) is 0 Å². The van der Waals surface area contributed by atoms with Crippen LogP contribution in [0.15, 0.2) is 0 Å². The van der Waals surface area contributed by atoms with Crippen LogP contribution in [0.3, 0.4) is 0 Å². The van der Waals surface area contributed by atoms with Crippen LogP contribution in [-0.2, 0) is 10.0 Å². The van der Waals surface area contributed by atoms with Gasteiger partial charge in [0.1, 0.15) is 0 Å². The highest BCUT2D eigenvalue weighted by atomic mass is 32.2. The molecule has 1 heterocycles. The normalized spacial score (nSPS) is 25.5. The van der Waals surface area contributed by atoms with Gasteiger partial charge in [0, 0.05) is 6.04 Å². The van der Waals surface area contributed by atoms with Crippen LogP contribution in [0.1, 0.15) is 33.6 Å². The maximum atomic E-state index is 11.7.